The minimum Gasteiger partial charge on any atom is -0.354 e. The predicted octanol–water partition coefficient (Wildman–Crippen LogP) is 3.90. The summed E-state index contributed by atoms with van der Waals surface area (Å²) >= 11 is 1.31. The zero-order valence-corrected chi connectivity index (χ0v) is 11.8. The predicted molar refractivity (Wildman–Crippen MR) is 76.1 cm³/mol. The van der Waals surface area contributed by atoms with Gasteiger partial charge in [0.1, 0.15) is 5.03 Å². The summed E-state index contributed by atoms with van der Waals surface area (Å²) in [4.78, 5) is 9.10. The first kappa shape index (κ1) is 13.8. The zero-order chi connectivity index (χ0) is 13.7. The summed E-state index contributed by atoms with van der Waals surface area (Å²) in [5, 5.41) is 3.40. The van der Waals surface area contributed by atoms with Gasteiger partial charge in [0, 0.05) is 11.4 Å². The van der Waals surface area contributed by atoms with Gasteiger partial charge in [-0.3, -0.25) is 0 Å². The topological polar surface area (TPSA) is 37.8 Å². The van der Waals surface area contributed by atoms with Crippen molar-refractivity contribution in [3.8, 4) is 0 Å². The number of benzene rings is 1. The molecule has 0 atom stereocenters. The fourth-order valence-electron chi connectivity index (χ4n) is 1.54. The molecule has 2 aromatic rings. The van der Waals surface area contributed by atoms with Crippen LogP contribution in [0.5, 0.6) is 0 Å². The van der Waals surface area contributed by atoms with Crippen molar-refractivity contribution in [2.75, 3.05) is 11.9 Å². The van der Waals surface area contributed by atoms with Gasteiger partial charge in [-0.2, -0.15) is 0 Å². The van der Waals surface area contributed by atoms with Crippen LogP contribution in [0, 0.1) is 12.7 Å². The molecule has 0 radical (unpaired) electrons. The first-order chi connectivity index (χ1) is 9.19. The summed E-state index contributed by atoms with van der Waals surface area (Å²) in [5.74, 6) is 0.0759. The largest absolute Gasteiger partial charge is 0.354 e. The Kier molecular flexibility index (Phi) is 4.74. The molecular formula is C14H16FN3S. The molecular weight excluding hydrogens is 261 g/mol. The SMILES string of the molecule is CCCNc1ncc(F)c(Sc2cccc(C)c2)n1. The van der Waals surface area contributed by atoms with Crippen LogP contribution in [0.3, 0.4) is 0 Å². The molecule has 3 nitrogen and oxygen atoms in total. The number of anilines is 1. The number of hydrogen-bond acceptors (Lipinski definition) is 4. The molecule has 5 heteroatoms. The highest BCUT2D eigenvalue weighted by atomic mass is 32.2. The lowest BCUT2D eigenvalue weighted by Gasteiger charge is -2.06. The van der Waals surface area contributed by atoms with Crippen LogP contribution in [-0.2, 0) is 0 Å². The number of aromatic nitrogens is 2. The average Bonchev–Trinajstić information content (AvgIpc) is 2.40. The molecule has 19 heavy (non-hydrogen) atoms. The number of hydrogen-bond donors (Lipinski definition) is 1. The molecule has 0 amide bonds. The molecule has 1 aromatic carbocycles. The molecule has 2 rings (SSSR count). The van der Waals surface area contributed by atoms with Crippen molar-refractivity contribution >= 4 is 17.7 Å². The molecule has 1 heterocycles. The lowest BCUT2D eigenvalue weighted by atomic mass is 10.2. The van der Waals surface area contributed by atoms with E-state index in [0.717, 1.165) is 23.4 Å². The van der Waals surface area contributed by atoms with E-state index in [1.165, 1.54) is 18.0 Å². The second-order valence-corrected chi connectivity index (χ2v) is 5.25. The van der Waals surface area contributed by atoms with Crippen molar-refractivity contribution in [3.05, 3.63) is 41.8 Å². The Balaban J connectivity index is 2.19. The maximum atomic E-state index is 13.7. The zero-order valence-electron chi connectivity index (χ0n) is 11.0. The van der Waals surface area contributed by atoms with E-state index in [2.05, 4.69) is 22.2 Å². The smallest absolute Gasteiger partial charge is 0.223 e. The Morgan fingerprint density at radius 1 is 1.37 bits per heavy atom. The van der Waals surface area contributed by atoms with E-state index in [1.807, 2.05) is 31.2 Å². The van der Waals surface area contributed by atoms with Gasteiger partial charge in [0.05, 0.1) is 6.20 Å². The number of aryl methyl sites for hydroxylation is 1. The van der Waals surface area contributed by atoms with Crippen LogP contribution in [0.4, 0.5) is 10.3 Å². The highest BCUT2D eigenvalue weighted by molar-refractivity contribution is 7.99. The van der Waals surface area contributed by atoms with Crippen molar-refractivity contribution in [2.24, 2.45) is 0 Å². The minimum absolute atomic E-state index is 0.346. The van der Waals surface area contributed by atoms with E-state index < -0.39 is 5.82 Å². The van der Waals surface area contributed by atoms with Gasteiger partial charge in [-0.25, -0.2) is 14.4 Å². The highest BCUT2D eigenvalue weighted by Gasteiger charge is 2.08. The van der Waals surface area contributed by atoms with Crippen LogP contribution in [0.15, 0.2) is 40.4 Å². The van der Waals surface area contributed by atoms with Gasteiger partial charge >= 0.3 is 0 Å². The van der Waals surface area contributed by atoms with Crippen molar-refractivity contribution in [3.63, 3.8) is 0 Å². The number of halogens is 1. The molecule has 0 saturated carbocycles. The van der Waals surface area contributed by atoms with Crippen LogP contribution in [-0.4, -0.2) is 16.5 Å². The molecule has 0 spiro atoms. The highest BCUT2D eigenvalue weighted by Crippen LogP contribution is 2.28. The Hall–Kier alpha value is -1.62. The Morgan fingerprint density at radius 3 is 2.95 bits per heavy atom. The first-order valence-corrected chi connectivity index (χ1v) is 7.01. The maximum Gasteiger partial charge on any atom is 0.223 e. The third-order valence-corrected chi connectivity index (χ3v) is 3.42. The lowest BCUT2D eigenvalue weighted by molar-refractivity contribution is 0.580. The standard InChI is InChI=1S/C14H16FN3S/c1-3-7-16-14-17-9-12(15)13(18-14)19-11-6-4-5-10(2)8-11/h4-6,8-9H,3,7H2,1-2H3,(H,16,17,18). The molecule has 1 aromatic heterocycles. The van der Waals surface area contributed by atoms with Crippen LogP contribution in [0.25, 0.3) is 0 Å². The molecule has 0 aliphatic rings. The molecule has 0 aliphatic heterocycles. The fraction of sp³-hybridized carbons (Fsp3) is 0.286. The van der Waals surface area contributed by atoms with Crippen LogP contribution >= 0.6 is 11.8 Å². The molecule has 0 saturated heterocycles. The van der Waals surface area contributed by atoms with Crippen molar-refractivity contribution < 1.29 is 4.39 Å². The summed E-state index contributed by atoms with van der Waals surface area (Å²) in [6.45, 7) is 4.84. The number of rotatable bonds is 5. The Morgan fingerprint density at radius 2 is 2.21 bits per heavy atom. The fourth-order valence-corrected chi connectivity index (χ4v) is 2.43. The van der Waals surface area contributed by atoms with Gasteiger partial charge < -0.3 is 5.32 Å². The van der Waals surface area contributed by atoms with Crippen molar-refractivity contribution in [2.45, 2.75) is 30.2 Å². The van der Waals surface area contributed by atoms with Crippen molar-refractivity contribution in [1.82, 2.24) is 9.97 Å². The van der Waals surface area contributed by atoms with Gasteiger partial charge in [0.25, 0.3) is 0 Å². The van der Waals surface area contributed by atoms with Gasteiger partial charge in [0.2, 0.25) is 5.95 Å². The van der Waals surface area contributed by atoms with E-state index in [-0.39, 0.29) is 0 Å². The normalized spacial score (nSPS) is 10.5. The van der Waals surface area contributed by atoms with E-state index in [9.17, 15) is 4.39 Å². The second-order valence-electron chi connectivity index (χ2n) is 4.19. The van der Waals surface area contributed by atoms with E-state index in [4.69, 9.17) is 0 Å². The molecule has 0 aliphatic carbocycles. The third-order valence-electron chi connectivity index (χ3n) is 2.45. The Bertz CT molecular complexity index is 560. The summed E-state index contributed by atoms with van der Waals surface area (Å²) < 4.78 is 13.7. The summed E-state index contributed by atoms with van der Waals surface area (Å²) in [6, 6.07) is 7.91. The first-order valence-electron chi connectivity index (χ1n) is 6.20. The van der Waals surface area contributed by atoms with E-state index in [0.29, 0.717) is 11.0 Å². The molecule has 0 unspecified atom stereocenters. The quantitative estimate of drug-likeness (QED) is 0.841. The third kappa shape index (κ3) is 3.92. The van der Waals surface area contributed by atoms with Crippen LogP contribution in [0.1, 0.15) is 18.9 Å². The van der Waals surface area contributed by atoms with Gasteiger partial charge in [-0.15, -0.1) is 0 Å². The van der Waals surface area contributed by atoms with Gasteiger partial charge in [-0.1, -0.05) is 36.4 Å². The molecule has 0 bridgehead atoms. The second kappa shape index (κ2) is 6.52. The minimum atomic E-state index is -0.395. The van der Waals surface area contributed by atoms with Gasteiger partial charge in [0.15, 0.2) is 5.82 Å². The molecule has 0 fully saturated rings. The summed E-state index contributed by atoms with van der Waals surface area (Å²) in [5.41, 5.74) is 1.14. The van der Waals surface area contributed by atoms with E-state index in [1.54, 1.807) is 0 Å². The van der Waals surface area contributed by atoms with E-state index >= 15 is 0 Å². The number of nitrogens with zero attached hydrogens (tertiary/aromatic N) is 2. The average molecular weight is 277 g/mol. The summed E-state index contributed by atoms with van der Waals surface area (Å²) in [7, 11) is 0. The van der Waals surface area contributed by atoms with Crippen LogP contribution < -0.4 is 5.32 Å². The van der Waals surface area contributed by atoms with Gasteiger partial charge in [-0.05, 0) is 25.5 Å². The summed E-state index contributed by atoms with van der Waals surface area (Å²) in [6.07, 6.45) is 2.18. The Labute approximate surface area is 116 Å². The molecule has 1 N–H and O–H groups in total. The lowest BCUT2D eigenvalue weighted by Crippen LogP contribution is -2.05. The monoisotopic (exact) mass is 277 g/mol. The molecule has 100 valence electrons. The van der Waals surface area contributed by atoms with Crippen LogP contribution in [0.2, 0.25) is 0 Å². The van der Waals surface area contributed by atoms with Crippen molar-refractivity contribution in [1.29, 1.82) is 0 Å². The maximum absolute atomic E-state index is 13.7. The number of nitrogens with one attached hydrogen (secondary N) is 1.